The van der Waals surface area contributed by atoms with E-state index in [9.17, 15) is 5.26 Å². The van der Waals surface area contributed by atoms with E-state index in [0.29, 0.717) is 22.4 Å². The van der Waals surface area contributed by atoms with E-state index >= 15 is 0 Å². The summed E-state index contributed by atoms with van der Waals surface area (Å²) in [5.41, 5.74) is 1.57. The molecule has 0 aliphatic rings. The molecule has 0 saturated carbocycles. The van der Waals surface area contributed by atoms with Gasteiger partial charge < -0.3 is 4.90 Å². The van der Waals surface area contributed by atoms with Crippen molar-refractivity contribution in [2.45, 2.75) is 40.5 Å². The van der Waals surface area contributed by atoms with Crippen molar-refractivity contribution in [3.05, 3.63) is 28.8 Å². The van der Waals surface area contributed by atoms with Crippen LogP contribution in [0.15, 0.2) is 18.2 Å². The van der Waals surface area contributed by atoms with Gasteiger partial charge >= 0.3 is 0 Å². The van der Waals surface area contributed by atoms with Gasteiger partial charge in [0.1, 0.15) is 6.07 Å². The van der Waals surface area contributed by atoms with Crippen molar-refractivity contribution in [1.29, 1.82) is 5.26 Å². The Balaban J connectivity index is 2.97. The summed E-state index contributed by atoms with van der Waals surface area (Å²) in [4.78, 5) is 2.31. The first-order valence-electron chi connectivity index (χ1n) is 7.39. The third-order valence-corrected chi connectivity index (χ3v) is 3.71. The molecule has 0 radical (unpaired) electrons. The quantitative estimate of drug-likeness (QED) is 0.698. The third kappa shape index (κ3) is 5.06. The molecule has 3 heteroatoms. The minimum absolute atomic E-state index is 0.545. The van der Waals surface area contributed by atoms with Crippen LogP contribution in [0.1, 0.15) is 46.1 Å². The van der Waals surface area contributed by atoms with Crippen LogP contribution in [-0.4, -0.2) is 13.1 Å². The van der Waals surface area contributed by atoms with E-state index in [1.54, 1.807) is 6.07 Å². The Bertz CT molecular complexity index is 449. The highest BCUT2D eigenvalue weighted by Gasteiger charge is 2.14. The molecule has 0 atom stereocenters. The molecule has 0 amide bonds. The van der Waals surface area contributed by atoms with Crippen LogP contribution in [0.25, 0.3) is 0 Å². The van der Waals surface area contributed by atoms with Crippen molar-refractivity contribution in [3.63, 3.8) is 0 Å². The molecule has 0 heterocycles. The standard InChI is InChI=1S/C17H25ClN2/c1-13(2)8-10-20(11-9-14(3)4)17-7-5-6-16(18)15(17)12-19/h5-7,13-14H,8-11H2,1-4H3. The zero-order valence-corrected chi connectivity index (χ0v) is 13.7. The maximum atomic E-state index is 9.34. The summed E-state index contributed by atoms with van der Waals surface area (Å²) in [5, 5.41) is 9.89. The number of nitrogens with zero attached hydrogens (tertiary/aromatic N) is 2. The molecule has 20 heavy (non-hydrogen) atoms. The summed E-state index contributed by atoms with van der Waals surface area (Å²) in [6.45, 7) is 10.8. The highest BCUT2D eigenvalue weighted by atomic mass is 35.5. The Hall–Kier alpha value is -1.20. The number of nitriles is 1. The lowest BCUT2D eigenvalue weighted by molar-refractivity contribution is 0.535. The summed E-state index contributed by atoms with van der Waals surface area (Å²) in [6, 6.07) is 7.96. The average Bonchev–Trinajstić information content (AvgIpc) is 2.38. The fourth-order valence-electron chi connectivity index (χ4n) is 2.07. The Morgan fingerprint density at radius 2 is 1.65 bits per heavy atom. The third-order valence-electron chi connectivity index (χ3n) is 3.40. The molecular weight excluding hydrogens is 268 g/mol. The molecule has 0 aliphatic carbocycles. The van der Waals surface area contributed by atoms with Crippen molar-refractivity contribution >= 4 is 17.3 Å². The van der Waals surface area contributed by atoms with Crippen LogP contribution in [-0.2, 0) is 0 Å². The second-order valence-corrected chi connectivity index (χ2v) is 6.51. The van der Waals surface area contributed by atoms with Gasteiger partial charge in [0, 0.05) is 13.1 Å². The molecule has 1 rings (SSSR count). The monoisotopic (exact) mass is 292 g/mol. The SMILES string of the molecule is CC(C)CCN(CCC(C)C)c1cccc(Cl)c1C#N. The van der Waals surface area contributed by atoms with Crippen LogP contribution < -0.4 is 4.90 Å². The summed E-state index contributed by atoms with van der Waals surface area (Å²) < 4.78 is 0. The highest BCUT2D eigenvalue weighted by Crippen LogP contribution is 2.27. The molecule has 1 aromatic carbocycles. The average molecular weight is 293 g/mol. The van der Waals surface area contributed by atoms with Crippen molar-refractivity contribution < 1.29 is 0 Å². The van der Waals surface area contributed by atoms with Crippen molar-refractivity contribution in [1.82, 2.24) is 0 Å². The number of rotatable bonds is 7. The van der Waals surface area contributed by atoms with Crippen LogP contribution in [0.5, 0.6) is 0 Å². The predicted molar refractivity (Wildman–Crippen MR) is 87.3 cm³/mol. The molecule has 2 nitrogen and oxygen atoms in total. The maximum absolute atomic E-state index is 9.34. The van der Waals surface area contributed by atoms with Gasteiger partial charge in [0.15, 0.2) is 0 Å². The van der Waals surface area contributed by atoms with E-state index in [-0.39, 0.29) is 0 Å². The highest BCUT2D eigenvalue weighted by molar-refractivity contribution is 6.32. The van der Waals surface area contributed by atoms with E-state index in [0.717, 1.165) is 31.6 Å². The second-order valence-electron chi connectivity index (χ2n) is 6.10. The van der Waals surface area contributed by atoms with Gasteiger partial charge in [-0.25, -0.2) is 0 Å². The van der Waals surface area contributed by atoms with E-state index < -0.39 is 0 Å². The topological polar surface area (TPSA) is 27.0 Å². The smallest absolute Gasteiger partial charge is 0.103 e. The Kier molecular flexibility index (Phi) is 6.88. The summed E-state index contributed by atoms with van der Waals surface area (Å²) in [6.07, 6.45) is 2.24. The first-order chi connectivity index (χ1) is 9.45. The minimum atomic E-state index is 0.545. The normalized spacial score (nSPS) is 10.9. The number of benzene rings is 1. The van der Waals surface area contributed by atoms with Crippen LogP contribution >= 0.6 is 11.6 Å². The molecule has 0 fully saturated rings. The first kappa shape index (κ1) is 16.9. The number of hydrogen-bond donors (Lipinski definition) is 0. The summed E-state index contributed by atoms with van der Waals surface area (Å²) >= 11 is 6.15. The van der Waals surface area contributed by atoms with Gasteiger partial charge in [-0.1, -0.05) is 45.4 Å². The predicted octanol–water partition coefficient (Wildman–Crippen LogP) is 5.11. The lowest BCUT2D eigenvalue weighted by atomic mass is 10.1. The lowest BCUT2D eigenvalue weighted by Gasteiger charge is -2.27. The van der Waals surface area contributed by atoms with E-state index in [1.165, 1.54) is 0 Å². The maximum Gasteiger partial charge on any atom is 0.103 e. The molecule has 1 aromatic rings. The van der Waals surface area contributed by atoms with Crippen molar-refractivity contribution in [2.24, 2.45) is 11.8 Å². The number of hydrogen-bond acceptors (Lipinski definition) is 2. The molecule has 110 valence electrons. The zero-order valence-electron chi connectivity index (χ0n) is 13.0. The molecule has 0 saturated heterocycles. The van der Waals surface area contributed by atoms with Gasteiger partial charge in [0.2, 0.25) is 0 Å². The van der Waals surface area contributed by atoms with Crippen LogP contribution in [0.4, 0.5) is 5.69 Å². The number of anilines is 1. The molecule has 0 aromatic heterocycles. The van der Waals surface area contributed by atoms with Crippen LogP contribution in [0.3, 0.4) is 0 Å². The first-order valence-corrected chi connectivity index (χ1v) is 7.77. The van der Waals surface area contributed by atoms with Gasteiger partial charge in [-0.05, 0) is 36.8 Å². The van der Waals surface area contributed by atoms with Gasteiger partial charge in [-0.2, -0.15) is 5.26 Å². The second kappa shape index (κ2) is 8.17. The summed E-state index contributed by atoms with van der Waals surface area (Å²) in [7, 11) is 0. The molecule has 0 spiro atoms. The van der Waals surface area contributed by atoms with Crippen LogP contribution in [0, 0.1) is 23.2 Å². The zero-order chi connectivity index (χ0) is 15.1. The Morgan fingerprint density at radius 1 is 1.10 bits per heavy atom. The largest absolute Gasteiger partial charge is 0.370 e. The van der Waals surface area contributed by atoms with Crippen molar-refractivity contribution in [3.8, 4) is 6.07 Å². The summed E-state index contributed by atoms with van der Waals surface area (Å²) in [5.74, 6) is 1.31. The molecule has 0 N–H and O–H groups in total. The number of halogens is 1. The van der Waals surface area contributed by atoms with E-state index in [1.807, 2.05) is 12.1 Å². The Morgan fingerprint density at radius 3 is 2.10 bits per heavy atom. The fraction of sp³-hybridized carbons (Fsp3) is 0.588. The van der Waals surface area contributed by atoms with Crippen molar-refractivity contribution in [2.75, 3.05) is 18.0 Å². The molecular formula is C17H25ClN2. The minimum Gasteiger partial charge on any atom is -0.370 e. The molecule has 0 bridgehead atoms. The molecule has 0 unspecified atom stereocenters. The lowest BCUT2D eigenvalue weighted by Crippen LogP contribution is -2.28. The van der Waals surface area contributed by atoms with E-state index in [4.69, 9.17) is 11.6 Å². The van der Waals surface area contributed by atoms with Gasteiger partial charge in [0.05, 0.1) is 16.3 Å². The Labute approximate surface area is 128 Å². The van der Waals surface area contributed by atoms with Gasteiger partial charge in [-0.15, -0.1) is 0 Å². The van der Waals surface area contributed by atoms with Crippen LogP contribution in [0.2, 0.25) is 5.02 Å². The van der Waals surface area contributed by atoms with E-state index in [2.05, 4.69) is 38.7 Å². The van der Waals surface area contributed by atoms with Gasteiger partial charge in [0.25, 0.3) is 0 Å². The molecule has 0 aliphatic heterocycles. The van der Waals surface area contributed by atoms with Gasteiger partial charge in [-0.3, -0.25) is 0 Å². The fourth-order valence-corrected chi connectivity index (χ4v) is 2.28.